The topological polar surface area (TPSA) is 103 Å². The van der Waals surface area contributed by atoms with Gasteiger partial charge in [0, 0.05) is 43.3 Å². The molecule has 4 aromatic rings. The first-order chi connectivity index (χ1) is 16.7. The summed E-state index contributed by atoms with van der Waals surface area (Å²) in [4.78, 5) is 28.0. The maximum absolute atomic E-state index is 12.2. The molecule has 1 N–H and O–H groups in total. The molecule has 3 aromatic heterocycles. The number of nitrogens with zero attached hydrogens (tertiary/aromatic N) is 5. The van der Waals surface area contributed by atoms with Crippen molar-refractivity contribution in [2.45, 2.75) is 0 Å². The highest BCUT2D eigenvalue weighted by Crippen LogP contribution is 2.34. The maximum atomic E-state index is 12.2. The summed E-state index contributed by atoms with van der Waals surface area (Å²) in [5.74, 6) is 1.08. The Bertz CT molecular complexity index is 1330. The van der Waals surface area contributed by atoms with Gasteiger partial charge in [-0.3, -0.25) is 4.40 Å². The van der Waals surface area contributed by atoms with Gasteiger partial charge in [0.15, 0.2) is 0 Å². The first-order valence-electron chi connectivity index (χ1n) is 10.8. The monoisotopic (exact) mass is 460 g/mol. The first kappa shape index (κ1) is 21.7. The Labute approximate surface area is 196 Å². The highest BCUT2D eigenvalue weighted by Gasteiger charge is 2.18. The number of methoxy groups -OCH3 is 2. The molecule has 0 saturated carbocycles. The van der Waals surface area contributed by atoms with Crippen molar-refractivity contribution >= 4 is 29.1 Å². The SMILES string of the molecule is COC(=O)c1cccnc1Nc1nc(-c2ccc(N3CCOCC3)c(OC)c2)cc2nccn12. The Hall–Kier alpha value is -4.18. The van der Waals surface area contributed by atoms with Crippen LogP contribution in [-0.2, 0) is 9.47 Å². The van der Waals surface area contributed by atoms with Crippen molar-refractivity contribution in [1.29, 1.82) is 0 Å². The number of ether oxygens (including phenoxy) is 3. The number of hydrogen-bond donors (Lipinski definition) is 1. The van der Waals surface area contributed by atoms with Crippen LogP contribution in [0.4, 0.5) is 17.5 Å². The molecule has 1 aliphatic heterocycles. The van der Waals surface area contributed by atoms with E-state index in [-0.39, 0.29) is 0 Å². The zero-order chi connectivity index (χ0) is 23.5. The zero-order valence-electron chi connectivity index (χ0n) is 18.9. The van der Waals surface area contributed by atoms with Gasteiger partial charge < -0.3 is 24.4 Å². The standard InChI is InChI=1S/C24H24N6O4/c1-32-20-14-16(5-6-19(20)29-10-12-34-13-11-29)18-15-21-25-8-9-30(21)24(27-18)28-22-17(23(31)33-2)4-3-7-26-22/h3-9,14-15H,10-13H2,1-2H3,(H,26,27,28). The van der Waals surface area contributed by atoms with Gasteiger partial charge in [0.25, 0.3) is 0 Å². The Kier molecular flexibility index (Phi) is 5.96. The smallest absolute Gasteiger partial charge is 0.341 e. The molecule has 1 aliphatic rings. The number of imidazole rings is 1. The number of aromatic nitrogens is 4. The number of rotatable bonds is 6. The van der Waals surface area contributed by atoms with E-state index in [1.54, 1.807) is 42.2 Å². The number of carbonyl (C=O) groups excluding carboxylic acids is 1. The lowest BCUT2D eigenvalue weighted by Gasteiger charge is -2.30. The fourth-order valence-electron chi connectivity index (χ4n) is 3.95. The molecule has 1 fully saturated rings. The molecule has 34 heavy (non-hydrogen) atoms. The number of benzene rings is 1. The lowest BCUT2D eigenvalue weighted by atomic mass is 10.1. The maximum Gasteiger partial charge on any atom is 0.341 e. The van der Waals surface area contributed by atoms with E-state index < -0.39 is 5.97 Å². The fraction of sp³-hybridized carbons (Fsp3) is 0.250. The molecular weight excluding hydrogens is 436 g/mol. The number of fused-ring (bicyclic) bond motifs is 1. The Morgan fingerprint density at radius 1 is 1.09 bits per heavy atom. The largest absolute Gasteiger partial charge is 0.495 e. The molecule has 0 atom stereocenters. The first-order valence-corrected chi connectivity index (χ1v) is 10.8. The van der Waals surface area contributed by atoms with Crippen LogP contribution in [0.2, 0.25) is 0 Å². The molecule has 10 heteroatoms. The molecule has 0 spiro atoms. The second-order valence-electron chi connectivity index (χ2n) is 7.62. The Balaban J connectivity index is 1.54. The van der Waals surface area contributed by atoms with Crippen LogP contribution in [-0.4, -0.2) is 65.8 Å². The fourth-order valence-corrected chi connectivity index (χ4v) is 3.95. The van der Waals surface area contributed by atoms with Crippen LogP contribution in [0.25, 0.3) is 16.9 Å². The minimum Gasteiger partial charge on any atom is -0.495 e. The van der Waals surface area contributed by atoms with Gasteiger partial charge in [0.2, 0.25) is 5.95 Å². The van der Waals surface area contributed by atoms with Crippen LogP contribution in [0, 0.1) is 0 Å². The van der Waals surface area contributed by atoms with Crippen LogP contribution in [0.5, 0.6) is 5.75 Å². The molecule has 0 amide bonds. The minimum absolute atomic E-state index is 0.307. The molecular formula is C24H24N6O4. The van der Waals surface area contributed by atoms with E-state index in [4.69, 9.17) is 19.2 Å². The highest BCUT2D eigenvalue weighted by molar-refractivity contribution is 5.95. The zero-order valence-corrected chi connectivity index (χ0v) is 18.9. The summed E-state index contributed by atoms with van der Waals surface area (Å²) in [6, 6.07) is 11.2. The van der Waals surface area contributed by atoms with Gasteiger partial charge >= 0.3 is 5.97 Å². The van der Waals surface area contributed by atoms with E-state index in [0.717, 1.165) is 30.1 Å². The van der Waals surface area contributed by atoms with Crippen LogP contribution in [0.1, 0.15) is 10.4 Å². The average Bonchev–Trinajstić information content (AvgIpc) is 3.38. The van der Waals surface area contributed by atoms with Crippen molar-refractivity contribution in [3.8, 4) is 17.0 Å². The number of pyridine rings is 1. The van der Waals surface area contributed by atoms with Crippen molar-refractivity contribution in [2.75, 3.05) is 50.7 Å². The van der Waals surface area contributed by atoms with E-state index in [1.165, 1.54) is 7.11 Å². The number of anilines is 3. The van der Waals surface area contributed by atoms with Crippen molar-refractivity contribution in [2.24, 2.45) is 0 Å². The normalized spacial score (nSPS) is 13.6. The summed E-state index contributed by atoms with van der Waals surface area (Å²) >= 11 is 0. The quantitative estimate of drug-likeness (QED) is 0.435. The third-order valence-corrected chi connectivity index (χ3v) is 5.66. The van der Waals surface area contributed by atoms with Crippen molar-refractivity contribution in [3.63, 3.8) is 0 Å². The lowest BCUT2D eigenvalue weighted by Crippen LogP contribution is -2.36. The summed E-state index contributed by atoms with van der Waals surface area (Å²) in [5, 5.41) is 3.17. The van der Waals surface area contributed by atoms with Crippen LogP contribution < -0.4 is 15.0 Å². The second-order valence-corrected chi connectivity index (χ2v) is 7.62. The molecule has 0 radical (unpaired) electrons. The van der Waals surface area contributed by atoms with E-state index in [2.05, 4.69) is 20.2 Å². The Morgan fingerprint density at radius 2 is 1.94 bits per heavy atom. The van der Waals surface area contributed by atoms with E-state index in [1.807, 2.05) is 24.3 Å². The average molecular weight is 460 g/mol. The van der Waals surface area contributed by atoms with Gasteiger partial charge in [-0.05, 0) is 24.3 Å². The second kappa shape index (κ2) is 9.36. The van der Waals surface area contributed by atoms with Crippen molar-refractivity contribution in [3.05, 3.63) is 60.6 Å². The van der Waals surface area contributed by atoms with Crippen LogP contribution in [0.3, 0.4) is 0 Å². The predicted molar refractivity (Wildman–Crippen MR) is 127 cm³/mol. The lowest BCUT2D eigenvalue weighted by molar-refractivity contribution is 0.0601. The van der Waals surface area contributed by atoms with Gasteiger partial charge in [0.1, 0.15) is 22.8 Å². The molecule has 4 heterocycles. The highest BCUT2D eigenvalue weighted by atomic mass is 16.5. The third kappa shape index (κ3) is 4.11. The van der Waals surface area contributed by atoms with Gasteiger partial charge in [-0.15, -0.1) is 0 Å². The molecule has 0 bridgehead atoms. The summed E-state index contributed by atoms with van der Waals surface area (Å²) < 4.78 is 17.8. The van der Waals surface area contributed by atoms with Crippen LogP contribution in [0.15, 0.2) is 55.0 Å². The van der Waals surface area contributed by atoms with Crippen LogP contribution >= 0.6 is 0 Å². The molecule has 0 aliphatic carbocycles. The van der Waals surface area contributed by atoms with Crippen molar-refractivity contribution in [1.82, 2.24) is 19.4 Å². The molecule has 0 unspecified atom stereocenters. The number of carbonyl (C=O) groups is 1. The molecule has 1 aromatic carbocycles. The predicted octanol–water partition coefficient (Wildman–Crippen LogP) is 3.17. The summed E-state index contributed by atoms with van der Waals surface area (Å²) in [5.41, 5.74) is 3.59. The minimum atomic E-state index is -0.489. The van der Waals surface area contributed by atoms with E-state index in [9.17, 15) is 4.79 Å². The van der Waals surface area contributed by atoms with Gasteiger partial charge in [-0.25, -0.2) is 19.7 Å². The summed E-state index contributed by atoms with van der Waals surface area (Å²) in [6.07, 6.45) is 5.07. The summed E-state index contributed by atoms with van der Waals surface area (Å²) in [6.45, 7) is 3.02. The summed E-state index contributed by atoms with van der Waals surface area (Å²) in [7, 11) is 3.00. The molecule has 10 nitrogen and oxygen atoms in total. The molecule has 1 saturated heterocycles. The molecule has 174 valence electrons. The molecule has 5 rings (SSSR count). The number of morpholine rings is 1. The number of esters is 1. The van der Waals surface area contributed by atoms with Crippen molar-refractivity contribution < 1.29 is 19.0 Å². The van der Waals surface area contributed by atoms with E-state index in [0.29, 0.717) is 41.9 Å². The van der Waals surface area contributed by atoms with Gasteiger partial charge in [-0.1, -0.05) is 6.07 Å². The Morgan fingerprint density at radius 3 is 2.74 bits per heavy atom. The third-order valence-electron chi connectivity index (χ3n) is 5.66. The van der Waals surface area contributed by atoms with E-state index >= 15 is 0 Å². The van der Waals surface area contributed by atoms with Gasteiger partial charge in [0.05, 0.1) is 38.8 Å². The number of hydrogen-bond acceptors (Lipinski definition) is 9. The van der Waals surface area contributed by atoms with Gasteiger partial charge in [-0.2, -0.15) is 0 Å². The number of nitrogens with one attached hydrogen (secondary N) is 1.